The first-order chi connectivity index (χ1) is 9.74. The molecule has 3 nitrogen and oxygen atoms in total. The van der Waals surface area contributed by atoms with Crippen LogP contribution in [0.25, 0.3) is 10.8 Å². The van der Waals surface area contributed by atoms with E-state index < -0.39 is 6.10 Å². The highest BCUT2D eigenvalue weighted by Crippen LogP contribution is 2.23. The number of aliphatic hydroxyl groups excluding tert-OH is 1. The third kappa shape index (κ3) is 2.53. The van der Waals surface area contributed by atoms with Gasteiger partial charge in [-0.2, -0.15) is 0 Å². The van der Waals surface area contributed by atoms with Crippen molar-refractivity contribution in [2.45, 2.75) is 19.4 Å². The highest BCUT2D eigenvalue weighted by atomic mass is 16.3. The lowest BCUT2D eigenvalue weighted by molar-refractivity contribution is 0.173. The minimum absolute atomic E-state index is 0.553. The van der Waals surface area contributed by atoms with E-state index in [1.54, 1.807) is 12.3 Å². The standard InChI is InChI=1S/C17H16N2O/c1-12-18-10-9-16(19-12)17(20)11-14-7-4-6-13-5-2-3-8-15(13)14/h2-10,17,20H,11H2,1H3. The minimum Gasteiger partial charge on any atom is -0.386 e. The summed E-state index contributed by atoms with van der Waals surface area (Å²) in [5, 5.41) is 12.7. The van der Waals surface area contributed by atoms with E-state index in [1.807, 2.05) is 25.1 Å². The Kier molecular flexibility index (Phi) is 3.44. The maximum Gasteiger partial charge on any atom is 0.125 e. The van der Waals surface area contributed by atoms with Gasteiger partial charge in [-0.25, -0.2) is 9.97 Å². The average Bonchev–Trinajstić information content (AvgIpc) is 2.47. The molecule has 0 saturated heterocycles. The quantitative estimate of drug-likeness (QED) is 0.790. The van der Waals surface area contributed by atoms with Gasteiger partial charge in [0.05, 0.1) is 5.69 Å². The molecule has 3 heteroatoms. The zero-order valence-electron chi connectivity index (χ0n) is 11.3. The molecule has 0 radical (unpaired) electrons. The lowest BCUT2D eigenvalue weighted by Gasteiger charge is -2.12. The van der Waals surface area contributed by atoms with Gasteiger partial charge in [0, 0.05) is 12.6 Å². The van der Waals surface area contributed by atoms with Crippen molar-refractivity contribution in [1.29, 1.82) is 0 Å². The third-order valence-electron chi connectivity index (χ3n) is 3.43. The summed E-state index contributed by atoms with van der Waals surface area (Å²) >= 11 is 0. The Morgan fingerprint density at radius 2 is 1.85 bits per heavy atom. The summed E-state index contributed by atoms with van der Waals surface area (Å²) in [5.74, 6) is 0.680. The summed E-state index contributed by atoms with van der Waals surface area (Å²) in [4.78, 5) is 8.35. The Morgan fingerprint density at radius 3 is 2.70 bits per heavy atom. The predicted octanol–water partition coefficient (Wildman–Crippen LogP) is 3.21. The van der Waals surface area contributed by atoms with Crippen molar-refractivity contribution in [3.63, 3.8) is 0 Å². The molecule has 0 aliphatic heterocycles. The van der Waals surface area contributed by atoms with Crippen LogP contribution in [-0.4, -0.2) is 15.1 Å². The Labute approximate surface area is 117 Å². The van der Waals surface area contributed by atoms with Crippen LogP contribution < -0.4 is 0 Å². The Balaban J connectivity index is 1.93. The predicted molar refractivity (Wildman–Crippen MR) is 79.4 cm³/mol. The molecule has 100 valence electrons. The van der Waals surface area contributed by atoms with Crippen molar-refractivity contribution in [2.24, 2.45) is 0 Å². The molecule has 0 bridgehead atoms. The van der Waals surface area contributed by atoms with E-state index in [-0.39, 0.29) is 0 Å². The van der Waals surface area contributed by atoms with Crippen LogP contribution in [0.2, 0.25) is 0 Å². The van der Waals surface area contributed by atoms with Crippen LogP contribution in [0.5, 0.6) is 0 Å². The second-order valence-electron chi connectivity index (χ2n) is 4.89. The van der Waals surface area contributed by atoms with Crippen molar-refractivity contribution < 1.29 is 5.11 Å². The van der Waals surface area contributed by atoms with Gasteiger partial charge in [0.25, 0.3) is 0 Å². The monoisotopic (exact) mass is 264 g/mol. The van der Waals surface area contributed by atoms with Crippen molar-refractivity contribution in [1.82, 2.24) is 9.97 Å². The van der Waals surface area contributed by atoms with E-state index in [2.05, 4.69) is 34.2 Å². The molecule has 20 heavy (non-hydrogen) atoms. The topological polar surface area (TPSA) is 46.0 Å². The zero-order chi connectivity index (χ0) is 13.9. The van der Waals surface area contributed by atoms with Crippen LogP contribution >= 0.6 is 0 Å². The van der Waals surface area contributed by atoms with Gasteiger partial charge in [-0.05, 0) is 29.3 Å². The molecule has 3 aromatic rings. The van der Waals surface area contributed by atoms with Gasteiger partial charge >= 0.3 is 0 Å². The number of benzene rings is 2. The summed E-state index contributed by atoms with van der Waals surface area (Å²) in [6.07, 6.45) is 1.63. The van der Waals surface area contributed by atoms with Gasteiger partial charge in [0.2, 0.25) is 0 Å². The van der Waals surface area contributed by atoms with E-state index in [1.165, 1.54) is 10.8 Å². The Bertz CT molecular complexity index is 734. The van der Waals surface area contributed by atoms with Gasteiger partial charge in [0.15, 0.2) is 0 Å². The number of fused-ring (bicyclic) bond motifs is 1. The van der Waals surface area contributed by atoms with Gasteiger partial charge in [-0.15, -0.1) is 0 Å². The van der Waals surface area contributed by atoms with E-state index >= 15 is 0 Å². The molecule has 0 aliphatic rings. The van der Waals surface area contributed by atoms with Gasteiger partial charge in [-0.3, -0.25) is 0 Å². The molecule has 1 N–H and O–H groups in total. The fraction of sp³-hybridized carbons (Fsp3) is 0.176. The summed E-state index contributed by atoms with van der Waals surface area (Å²) in [6, 6.07) is 16.1. The molecular formula is C17H16N2O. The van der Waals surface area contributed by atoms with E-state index in [9.17, 15) is 5.11 Å². The molecule has 0 fully saturated rings. The van der Waals surface area contributed by atoms with Crippen LogP contribution in [0.15, 0.2) is 54.7 Å². The van der Waals surface area contributed by atoms with Crippen molar-refractivity contribution in [3.05, 3.63) is 71.8 Å². The number of aryl methyl sites for hydroxylation is 1. The molecule has 0 spiro atoms. The number of nitrogens with zero attached hydrogens (tertiary/aromatic N) is 2. The summed E-state index contributed by atoms with van der Waals surface area (Å²) < 4.78 is 0. The van der Waals surface area contributed by atoms with Crippen LogP contribution in [0.3, 0.4) is 0 Å². The third-order valence-corrected chi connectivity index (χ3v) is 3.43. The lowest BCUT2D eigenvalue weighted by Crippen LogP contribution is -2.06. The van der Waals surface area contributed by atoms with Crippen LogP contribution in [0.1, 0.15) is 23.2 Å². The molecule has 0 amide bonds. The van der Waals surface area contributed by atoms with Crippen LogP contribution in [-0.2, 0) is 6.42 Å². The van der Waals surface area contributed by atoms with Crippen molar-refractivity contribution in [2.75, 3.05) is 0 Å². The first-order valence-corrected chi connectivity index (χ1v) is 6.68. The molecule has 0 aliphatic carbocycles. The highest BCUT2D eigenvalue weighted by Gasteiger charge is 2.12. The van der Waals surface area contributed by atoms with E-state index in [0.717, 1.165) is 5.56 Å². The smallest absolute Gasteiger partial charge is 0.125 e. The van der Waals surface area contributed by atoms with Crippen molar-refractivity contribution in [3.8, 4) is 0 Å². The van der Waals surface area contributed by atoms with E-state index in [4.69, 9.17) is 0 Å². The Morgan fingerprint density at radius 1 is 1.05 bits per heavy atom. The molecule has 1 atom stereocenters. The molecule has 2 aromatic carbocycles. The first-order valence-electron chi connectivity index (χ1n) is 6.68. The van der Waals surface area contributed by atoms with Crippen LogP contribution in [0.4, 0.5) is 0 Å². The Hall–Kier alpha value is -2.26. The van der Waals surface area contributed by atoms with Gasteiger partial charge in [0.1, 0.15) is 11.9 Å². The summed E-state index contributed by atoms with van der Waals surface area (Å²) in [5.41, 5.74) is 1.80. The number of aromatic nitrogens is 2. The fourth-order valence-corrected chi connectivity index (χ4v) is 2.44. The number of hydrogen-bond donors (Lipinski definition) is 1. The molecule has 1 unspecified atom stereocenters. The normalized spacial score (nSPS) is 12.5. The molecule has 0 saturated carbocycles. The molecule has 1 aromatic heterocycles. The highest BCUT2D eigenvalue weighted by molar-refractivity contribution is 5.85. The maximum absolute atomic E-state index is 10.4. The maximum atomic E-state index is 10.4. The minimum atomic E-state index is -0.609. The number of rotatable bonds is 3. The molecule has 3 rings (SSSR count). The fourth-order valence-electron chi connectivity index (χ4n) is 2.44. The lowest BCUT2D eigenvalue weighted by atomic mass is 9.99. The first kappa shape index (κ1) is 12.8. The molecule has 1 heterocycles. The molecular weight excluding hydrogens is 248 g/mol. The van der Waals surface area contributed by atoms with Gasteiger partial charge in [-0.1, -0.05) is 42.5 Å². The second kappa shape index (κ2) is 5.39. The summed E-state index contributed by atoms with van der Waals surface area (Å²) in [6.45, 7) is 1.83. The average molecular weight is 264 g/mol. The van der Waals surface area contributed by atoms with Crippen molar-refractivity contribution >= 4 is 10.8 Å². The zero-order valence-corrected chi connectivity index (χ0v) is 11.3. The largest absolute Gasteiger partial charge is 0.386 e. The number of hydrogen-bond acceptors (Lipinski definition) is 3. The number of aliphatic hydroxyl groups is 1. The summed E-state index contributed by atoms with van der Waals surface area (Å²) in [7, 11) is 0. The SMILES string of the molecule is Cc1nccc(C(O)Cc2cccc3ccccc23)n1. The second-order valence-corrected chi connectivity index (χ2v) is 4.89. The van der Waals surface area contributed by atoms with E-state index in [0.29, 0.717) is 17.9 Å². The van der Waals surface area contributed by atoms with Gasteiger partial charge < -0.3 is 5.11 Å². The van der Waals surface area contributed by atoms with Crippen LogP contribution in [0, 0.1) is 6.92 Å².